The van der Waals surface area contributed by atoms with E-state index in [0.29, 0.717) is 5.56 Å². The number of nitrogens with zero attached hydrogens (tertiary/aromatic N) is 1. The van der Waals surface area contributed by atoms with Crippen molar-refractivity contribution in [2.24, 2.45) is 0 Å². The van der Waals surface area contributed by atoms with E-state index in [2.05, 4.69) is 10.1 Å². The first-order valence-electron chi connectivity index (χ1n) is 9.43. The van der Waals surface area contributed by atoms with Crippen LogP contribution in [0.3, 0.4) is 0 Å². The number of furan rings is 1. The van der Waals surface area contributed by atoms with Gasteiger partial charge in [-0.25, -0.2) is 14.4 Å². The number of carbonyl (C=O) groups excluding carboxylic acids is 3. The SMILES string of the molecule is COC(=O)c1ccc(CN2C(=O)N/C(=C\c3cc(Cl)c(O[C@H](C)C(=O)O)c(OC)c3)C2=O)o1. The molecule has 2 N–H and O–H groups in total. The number of imide groups is 1. The van der Waals surface area contributed by atoms with Crippen molar-refractivity contribution >= 4 is 41.6 Å². The van der Waals surface area contributed by atoms with Gasteiger partial charge in [0.25, 0.3) is 5.91 Å². The smallest absolute Gasteiger partial charge is 0.373 e. The average Bonchev–Trinajstić information content (AvgIpc) is 3.35. The summed E-state index contributed by atoms with van der Waals surface area (Å²) in [6.45, 7) is 1.13. The molecule has 2 heterocycles. The number of urea groups is 1. The van der Waals surface area contributed by atoms with Crippen LogP contribution in [-0.4, -0.2) is 54.2 Å². The quantitative estimate of drug-likeness (QED) is 0.332. The molecule has 0 spiro atoms. The highest BCUT2D eigenvalue weighted by molar-refractivity contribution is 6.32. The average molecular weight is 479 g/mol. The summed E-state index contributed by atoms with van der Waals surface area (Å²) in [7, 11) is 2.54. The van der Waals surface area contributed by atoms with E-state index in [1.807, 2.05) is 0 Å². The number of carboxylic acids is 1. The third-order valence-corrected chi connectivity index (χ3v) is 4.81. The predicted molar refractivity (Wildman–Crippen MR) is 113 cm³/mol. The summed E-state index contributed by atoms with van der Waals surface area (Å²) in [5.74, 6) is -2.19. The highest BCUT2D eigenvalue weighted by Crippen LogP contribution is 2.38. The zero-order valence-corrected chi connectivity index (χ0v) is 18.5. The molecule has 1 atom stereocenters. The molecule has 11 nitrogen and oxygen atoms in total. The number of benzene rings is 1. The molecule has 0 saturated carbocycles. The van der Waals surface area contributed by atoms with Gasteiger partial charge in [0.2, 0.25) is 5.76 Å². The zero-order valence-electron chi connectivity index (χ0n) is 17.7. The highest BCUT2D eigenvalue weighted by Gasteiger charge is 2.34. The van der Waals surface area contributed by atoms with Crippen molar-refractivity contribution in [2.75, 3.05) is 14.2 Å². The Hall–Kier alpha value is -3.99. The van der Waals surface area contributed by atoms with Crippen molar-refractivity contribution in [3.8, 4) is 11.5 Å². The fourth-order valence-corrected chi connectivity index (χ4v) is 3.14. The third kappa shape index (κ3) is 5.09. The van der Waals surface area contributed by atoms with Gasteiger partial charge in [-0.3, -0.25) is 9.69 Å². The Labute approximate surface area is 192 Å². The van der Waals surface area contributed by atoms with Crippen LogP contribution in [0.2, 0.25) is 5.02 Å². The molecule has 0 radical (unpaired) electrons. The topological polar surface area (TPSA) is 145 Å². The van der Waals surface area contributed by atoms with E-state index in [4.69, 9.17) is 30.6 Å². The van der Waals surface area contributed by atoms with E-state index < -0.39 is 30.0 Å². The number of amides is 3. The Morgan fingerprint density at radius 2 is 2.00 bits per heavy atom. The lowest BCUT2D eigenvalue weighted by Crippen LogP contribution is -2.30. The Morgan fingerprint density at radius 1 is 1.27 bits per heavy atom. The molecule has 0 bridgehead atoms. The fraction of sp³-hybridized carbons (Fsp3) is 0.238. The molecule has 0 unspecified atom stereocenters. The Balaban J connectivity index is 1.82. The third-order valence-electron chi connectivity index (χ3n) is 4.53. The number of halogens is 1. The van der Waals surface area contributed by atoms with Crippen LogP contribution in [0.5, 0.6) is 11.5 Å². The summed E-state index contributed by atoms with van der Waals surface area (Å²) < 4.78 is 20.4. The maximum atomic E-state index is 12.7. The Kier molecular flexibility index (Phi) is 6.92. The second-order valence-corrected chi connectivity index (χ2v) is 7.18. The molecule has 1 fully saturated rings. The number of carboxylic acid groups (broad SMARTS) is 1. The van der Waals surface area contributed by atoms with Gasteiger partial charge < -0.3 is 29.1 Å². The van der Waals surface area contributed by atoms with Crippen molar-refractivity contribution in [3.63, 3.8) is 0 Å². The first-order valence-corrected chi connectivity index (χ1v) is 9.81. The molecule has 12 heteroatoms. The number of nitrogens with one attached hydrogen (secondary N) is 1. The number of rotatable bonds is 8. The maximum absolute atomic E-state index is 12.7. The summed E-state index contributed by atoms with van der Waals surface area (Å²) in [4.78, 5) is 48.5. The van der Waals surface area contributed by atoms with Crippen molar-refractivity contribution in [2.45, 2.75) is 19.6 Å². The van der Waals surface area contributed by atoms with E-state index in [1.54, 1.807) is 0 Å². The molecule has 174 valence electrons. The number of aliphatic carboxylic acids is 1. The second-order valence-electron chi connectivity index (χ2n) is 6.77. The standard InChI is InChI=1S/C21H19ClN2O9/c1-10(19(26)27)32-17-13(22)6-11(8-16(17)30-2)7-14-18(25)24(21(29)23-14)9-12-4-5-15(33-12)20(28)31-3/h4-8,10H,9H2,1-3H3,(H,23,29)(H,26,27)/b14-7-/t10-/m1/s1. The number of hydrogen-bond acceptors (Lipinski definition) is 8. The van der Waals surface area contributed by atoms with Gasteiger partial charge in [-0.2, -0.15) is 0 Å². The van der Waals surface area contributed by atoms with E-state index in [1.165, 1.54) is 51.5 Å². The lowest BCUT2D eigenvalue weighted by Gasteiger charge is -2.16. The Bertz CT molecular complexity index is 1150. The largest absolute Gasteiger partial charge is 0.493 e. The van der Waals surface area contributed by atoms with Gasteiger partial charge in [0, 0.05) is 0 Å². The van der Waals surface area contributed by atoms with Gasteiger partial charge >= 0.3 is 18.0 Å². The number of hydrogen-bond donors (Lipinski definition) is 2. The normalized spacial score (nSPS) is 15.4. The molecule has 1 aromatic heterocycles. The summed E-state index contributed by atoms with van der Waals surface area (Å²) >= 11 is 6.23. The summed E-state index contributed by atoms with van der Waals surface area (Å²) in [6.07, 6.45) is 0.201. The molecule has 2 aromatic rings. The lowest BCUT2D eigenvalue weighted by molar-refractivity contribution is -0.144. The van der Waals surface area contributed by atoms with Gasteiger partial charge in [-0.15, -0.1) is 0 Å². The van der Waals surface area contributed by atoms with Crippen LogP contribution in [0.15, 0.2) is 34.4 Å². The van der Waals surface area contributed by atoms with Crippen LogP contribution in [0, 0.1) is 0 Å². The van der Waals surface area contributed by atoms with Gasteiger partial charge in [-0.05, 0) is 42.8 Å². The maximum Gasteiger partial charge on any atom is 0.373 e. The molecule has 1 aliphatic heterocycles. The highest BCUT2D eigenvalue weighted by atomic mass is 35.5. The molecule has 3 amide bonds. The molecule has 0 aliphatic carbocycles. The van der Waals surface area contributed by atoms with Crippen molar-refractivity contribution < 1.29 is 42.9 Å². The zero-order chi connectivity index (χ0) is 24.3. The molecule has 1 aliphatic rings. The van der Waals surface area contributed by atoms with Crippen LogP contribution in [0.1, 0.15) is 28.8 Å². The van der Waals surface area contributed by atoms with Crippen molar-refractivity contribution in [1.82, 2.24) is 10.2 Å². The molecular weight excluding hydrogens is 460 g/mol. The van der Waals surface area contributed by atoms with Gasteiger partial charge in [0.15, 0.2) is 17.6 Å². The minimum atomic E-state index is -1.19. The van der Waals surface area contributed by atoms with Crippen LogP contribution < -0.4 is 14.8 Å². The van der Waals surface area contributed by atoms with Gasteiger partial charge in [-0.1, -0.05) is 11.6 Å². The predicted octanol–water partition coefficient (Wildman–Crippen LogP) is 2.67. The van der Waals surface area contributed by atoms with Gasteiger partial charge in [0.05, 0.1) is 25.8 Å². The van der Waals surface area contributed by atoms with Crippen molar-refractivity contribution in [3.05, 3.63) is 52.1 Å². The summed E-state index contributed by atoms with van der Waals surface area (Å²) in [6, 6.07) is 5.05. The van der Waals surface area contributed by atoms with E-state index in [0.717, 1.165) is 4.90 Å². The first-order chi connectivity index (χ1) is 15.6. The summed E-state index contributed by atoms with van der Waals surface area (Å²) in [5, 5.41) is 11.5. The van der Waals surface area contributed by atoms with E-state index in [9.17, 15) is 19.2 Å². The molecule has 1 saturated heterocycles. The Morgan fingerprint density at radius 3 is 2.64 bits per heavy atom. The van der Waals surface area contributed by atoms with Crippen LogP contribution in [-0.2, 0) is 20.9 Å². The molecule has 1 aromatic carbocycles. The fourth-order valence-electron chi connectivity index (χ4n) is 2.88. The number of methoxy groups -OCH3 is 2. The van der Waals surface area contributed by atoms with Crippen molar-refractivity contribution in [1.29, 1.82) is 0 Å². The van der Waals surface area contributed by atoms with E-state index >= 15 is 0 Å². The molecule has 33 heavy (non-hydrogen) atoms. The molecule has 3 rings (SSSR count). The van der Waals surface area contributed by atoms with Gasteiger partial charge in [0.1, 0.15) is 11.5 Å². The minimum Gasteiger partial charge on any atom is -0.493 e. The second kappa shape index (κ2) is 9.65. The number of carbonyl (C=O) groups is 4. The first kappa shape index (κ1) is 23.7. The van der Waals surface area contributed by atoms with Crippen LogP contribution in [0.4, 0.5) is 4.79 Å². The summed E-state index contributed by atoms with van der Waals surface area (Å²) in [5.41, 5.74) is 0.356. The monoisotopic (exact) mass is 478 g/mol. The van der Waals surface area contributed by atoms with Crippen LogP contribution in [0.25, 0.3) is 6.08 Å². The molecular formula is C21H19ClN2O9. The number of esters is 1. The minimum absolute atomic E-state index is 0.0267. The number of ether oxygens (including phenoxy) is 3. The van der Waals surface area contributed by atoms with E-state index in [-0.39, 0.29) is 40.3 Å². The lowest BCUT2D eigenvalue weighted by atomic mass is 10.1. The van der Waals surface area contributed by atoms with Crippen LogP contribution >= 0.6 is 11.6 Å².